The van der Waals surface area contributed by atoms with E-state index in [1.54, 1.807) is 11.3 Å². The van der Waals surface area contributed by atoms with E-state index in [4.69, 9.17) is 4.98 Å². The molecule has 0 unspecified atom stereocenters. The zero-order valence-electron chi connectivity index (χ0n) is 20.5. The topological polar surface area (TPSA) is 82.3 Å². The monoisotopic (exact) mass is 504 g/mol. The minimum Gasteiger partial charge on any atom is -0.353 e. The zero-order valence-corrected chi connectivity index (χ0v) is 21.3. The van der Waals surface area contributed by atoms with Crippen molar-refractivity contribution in [3.8, 4) is 33.8 Å². The summed E-state index contributed by atoms with van der Waals surface area (Å²) in [5.41, 5.74) is 9.47. The molecule has 0 aliphatic heterocycles. The molecule has 0 bridgehead atoms. The Morgan fingerprint density at radius 1 is 0.946 bits per heavy atom. The third-order valence-electron chi connectivity index (χ3n) is 7.53. The van der Waals surface area contributed by atoms with Gasteiger partial charge in [0.25, 0.3) is 0 Å². The number of benzene rings is 1. The number of fused-ring (bicyclic) bond motifs is 2. The van der Waals surface area contributed by atoms with Crippen LogP contribution in [0.2, 0.25) is 0 Å². The van der Waals surface area contributed by atoms with Gasteiger partial charge in [-0.2, -0.15) is 16.4 Å². The number of pyridine rings is 2. The molecule has 3 N–H and O–H groups in total. The molecule has 0 saturated heterocycles. The second kappa shape index (κ2) is 9.57. The predicted molar refractivity (Wildman–Crippen MR) is 151 cm³/mol. The largest absolute Gasteiger partial charge is 0.353 e. The Bertz CT molecular complexity index is 1670. The molecular formula is C30H28N6S. The number of rotatable bonds is 7. The molecular weight excluding hydrogens is 476 g/mol. The van der Waals surface area contributed by atoms with E-state index >= 15 is 0 Å². The number of aromatic amines is 2. The first-order valence-electron chi connectivity index (χ1n) is 13.0. The van der Waals surface area contributed by atoms with Gasteiger partial charge in [0.05, 0.1) is 23.1 Å². The number of nitrogens with one attached hydrogen (secondary N) is 3. The van der Waals surface area contributed by atoms with Gasteiger partial charge in [-0.15, -0.1) is 0 Å². The van der Waals surface area contributed by atoms with Gasteiger partial charge < -0.3 is 10.3 Å². The first-order valence-corrected chi connectivity index (χ1v) is 13.9. The maximum atomic E-state index is 4.72. The van der Waals surface area contributed by atoms with Crippen molar-refractivity contribution in [3.05, 3.63) is 77.4 Å². The lowest BCUT2D eigenvalue weighted by Crippen LogP contribution is -2.20. The predicted octanol–water partition coefficient (Wildman–Crippen LogP) is 7.18. The van der Waals surface area contributed by atoms with Gasteiger partial charge in [-0.25, -0.2) is 0 Å². The number of thiophene rings is 1. The summed E-state index contributed by atoms with van der Waals surface area (Å²) in [6.45, 7) is 1.92. The van der Waals surface area contributed by atoms with Crippen molar-refractivity contribution in [2.24, 2.45) is 5.92 Å². The van der Waals surface area contributed by atoms with E-state index in [1.165, 1.54) is 47.8 Å². The SMILES string of the molecule is c1cc(-c2ccsc2)c2cc(-c3n[nH]c4cnc(-c5cncc(CNCC6CCCC6)c5)cc34)[nH]c2c1. The van der Waals surface area contributed by atoms with Gasteiger partial charge in [0.2, 0.25) is 0 Å². The maximum Gasteiger partial charge on any atom is 0.116 e. The summed E-state index contributed by atoms with van der Waals surface area (Å²) in [4.78, 5) is 12.8. The molecule has 1 fully saturated rings. The van der Waals surface area contributed by atoms with Crippen LogP contribution in [0.5, 0.6) is 0 Å². The van der Waals surface area contributed by atoms with Gasteiger partial charge in [-0.1, -0.05) is 25.0 Å². The van der Waals surface area contributed by atoms with Gasteiger partial charge in [0.1, 0.15) is 5.69 Å². The lowest BCUT2D eigenvalue weighted by atomic mass is 10.0. The van der Waals surface area contributed by atoms with Crippen molar-refractivity contribution < 1.29 is 0 Å². The van der Waals surface area contributed by atoms with Crippen molar-refractivity contribution in [2.75, 3.05) is 6.54 Å². The van der Waals surface area contributed by atoms with Gasteiger partial charge in [-0.05, 0) is 83.1 Å². The molecule has 0 atom stereocenters. The highest BCUT2D eigenvalue weighted by atomic mass is 32.1. The summed E-state index contributed by atoms with van der Waals surface area (Å²) in [5, 5.41) is 18.0. The molecule has 0 amide bonds. The molecule has 5 aromatic heterocycles. The summed E-state index contributed by atoms with van der Waals surface area (Å²) in [7, 11) is 0. The number of hydrogen-bond donors (Lipinski definition) is 3. The van der Waals surface area contributed by atoms with Gasteiger partial charge >= 0.3 is 0 Å². The fourth-order valence-corrected chi connectivity index (χ4v) is 6.25. The first-order chi connectivity index (χ1) is 18.3. The minimum atomic E-state index is 0.825. The molecule has 7 rings (SSSR count). The summed E-state index contributed by atoms with van der Waals surface area (Å²) in [6.07, 6.45) is 11.2. The van der Waals surface area contributed by atoms with Crippen LogP contribution < -0.4 is 5.32 Å². The quantitative estimate of drug-likeness (QED) is 0.215. The van der Waals surface area contributed by atoms with Crippen molar-refractivity contribution in [1.29, 1.82) is 0 Å². The van der Waals surface area contributed by atoms with Crippen LogP contribution in [0, 0.1) is 5.92 Å². The van der Waals surface area contributed by atoms with Gasteiger partial charge in [0.15, 0.2) is 0 Å². The highest BCUT2D eigenvalue weighted by Crippen LogP contribution is 2.35. The summed E-state index contributed by atoms with van der Waals surface area (Å²) in [5.74, 6) is 0.825. The maximum absolute atomic E-state index is 4.72. The minimum absolute atomic E-state index is 0.825. The van der Waals surface area contributed by atoms with Crippen LogP contribution in [0.4, 0.5) is 0 Å². The second-order valence-electron chi connectivity index (χ2n) is 10.0. The summed E-state index contributed by atoms with van der Waals surface area (Å²) in [6, 6.07) is 15.1. The number of aromatic nitrogens is 5. The van der Waals surface area contributed by atoms with E-state index in [9.17, 15) is 0 Å². The van der Waals surface area contributed by atoms with Crippen molar-refractivity contribution in [3.63, 3.8) is 0 Å². The molecule has 37 heavy (non-hydrogen) atoms. The van der Waals surface area contributed by atoms with Crippen LogP contribution in [-0.4, -0.2) is 31.7 Å². The highest BCUT2D eigenvalue weighted by molar-refractivity contribution is 7.08. The normalized spacial score (nSPS) is 14.3. The molecule has 6 aromatic rings. The Balaban J connectivity index is 1.20. The highest BCUT2D eigenvalue weighted by Gasteiger charge is 2.16. The smallest absolute Gasteiger partial charge is 0.116 e. The Hall–Kier alpha value is -3.81. The molecule has 5 heterocycles. The van der Waals surface area contributed by atoms with E-state index < -0.39 is 0 Å². The Labute approximate surface area is 219 Å². The van der Waals surface area contributed by atoms with E-state index in [0.717, 1.165) is 58.1 Å². The summed E-state index contributed by atoms with van der Waals surface area (Å²) < 4.78 is 0. The van der Waals surface area contributed by atoms with Crippen LogP contribution in [0.15, 0.2) is 71.8 Å². The average Bonchev–Trinajstić information content (AvgIpc) is 3.74. The number of H-pyrrole nitrogens is 2. The molecule has 7 heteroatoms. The third kappa shape index (κ3) is 4.34. The van der Waals surface area contributed by atoms with E-state index in [-0.39, 0.29) is 0 Å². The van der Waals surface area contributed by atoms with Crippen molar-refractivity contribution >= 4 is 33.1 Å². The van der Waals surface area contributed by atoms with Crippen molar-refractivity contribution in [2.45, 2.75) is 32.2 Å². The van der Waals surface area contributed by atoms with E-state index in [1.807, 2.05) is 18.6 Å². The number of hydrogen-bond acceptors (Lipinski definition) is 5. The van der Waals surface area contributed by atoms with Crippen LogP contribution >= 0.6 is 11.3 Å². The number of nitrogens with zero attached hydrogens (tertiary/aromatic N) is 3. The lowest BCUT2D eigenvalue weighted by molar-refractivity contribution is 0.489. The Kier molecular flexibility index (Phi) is 5.79. The van der Waals surface area contributed by atoms with Gasteiger partial charge in [0, 0.05) is 40.8 Å². The van der Waals surface area contributed by atoms with Gasteiger partial charge in [-0.3, -0.25) is 15.1 Å². The molecule has 6 nitrogen and oxygen atoms in total. The third-order valence-corrected chi connectivity index (χ3v) is 8.21. The lowest BCUT2D eigenvalue weighted by Gasteiger charge is -2.11. The molecule has 1 aliphatic carbocycles. The van der Waals surface area contributed by atoms with Crippen LogP contribution in [0.3, 0.4) is 0 Å². The molecule has 0 spiro atoms. The Morgan fingerprint density at radius 3 is 2.78 bits per heavy atom. The van der Waals surface area contributed by atoms with E-state index in [0.29, 0.717) is 0 Å². The van der Waals surface area contributed by atoms with E-state index in [2.05, 4.69) is 78.7 Å². The average molecular weight is 505 g/mol. The molecule has 0 radical (unpaired) electrons. The molecule has 1 aromatic carbocycles. The fraction of sp³-hybridized carbons (Fsp3) is 0.233. The summed E-state index contributed by atoms with van der Waals surface area (Å²) >= 11 is 1.72. The molecule has 184 valence electrons. The zero-order chi connectivity index (χ0) is 24.6. The van der Waals surface area contributed by atoms with Crippen LogP contribution in [0.1, 0.15) is 31.2 Å². The first kappa shape index (κ1) is 22.4. The molecule has 1 aliphatic rings. The molecule has 1 saturated carbocycles. The fourth-order valence-electron chi connectivity index (χ4n) is 5.59. The standard InChI is InChI=1S/C30H28N6S/c1-2-5-19(4-1)13-31-14-20-10-22(16-32-15-20)27-12-25-29(17-33-27)35-36-30(25)28-11-24-23(21-8-9-37-18-21)6-3-7-26(24)34-28/h3,6-12,15-19,31,34H,1-2,4-5,13-14H2,(H,35,36). The van der Waals surface area contributed by atoms with Crippen LogP contribution in [-0.2, 0) is 6.54 Å². The second-order valence-corrected chi connectivity index (χ2v) is 10.8. The Morgan fingerprint density at radius 2 is 1.89 bits per heavy atom. The van der Waals surface area contributed by atoms with Crippen molar-refractivity contribution in [1.82, 2.24) is 30.5 Å². The van der Waals surface area contributed by atoms with Crippen LogP contribution in [0.25, 0.3) is 55.6 Å².